The molecule has 0 unspecified atom stereocenters. The molecule has 5 nitrogen and oxygen atoms in total. The molecule has 88 valence electrons. The molecule has 0 aromatic carbocycles. The fourth-order valence-corrected chi connectivity index (χ4v) is 2.47. The van der Waals surface area contributed by atoms with Crippen LogP contribution >= 0.6 is 0 Å². The van der Waals surface area contributed by atoms with Crippen molar-refractivity contribution in [3.8, 4) is 0 Å². The molecule has 3 rings (SSSR count). The highest BCUT2D eigenvalue weighted by Crippen LogP contribution is 2.33. The normalized spacial score (nSPS) is 34.0. The van der Waals surface area contributed by atoms with Crippen molar-refractivity contribution in [2.24, 2.45) is 0 Å². The predicted octanol–water partition coefficient (Wildman–Crippen LogP) is 0.789. The first-order valence-electron chi connectivity index (χ1n) is 5.98. The first kappa shape index (κ1) is 9.96. The Labute approximate surface area is 94.6 Å². The van der Waals surface area contributed by atoms with E-state index in [1.165, 1.54) is 32.1 Å². The van der Waals surface area contributed by atoms with Crippen LogP contribution in [0, 0.1) is 0 Å². The molecule has 0 aromatic rings. The SMILES string of the molecule is O=C1NC=C(NC2CCCCC2)[C@]2(CO2)N1. The summed E-state index contributed by atoms with van der Waals surface area (Å²) >= 11 is 0. The molecule has 2 amide bonds. The minimum Gasteiger partial charge on any atom is -0.380 e. The minimum atomic E-state index is -0.542. The summed E-state index contributed by atoms with van der Waals surface area (Å²) in [6, 6.07) is 0.338. The lowest BCUT2D eigenvalue weighted by Gasteiger charge is -2.30. The van der Waals surface area contributed by atoms with Crippen molar-refractivity contribution in [2.45, 2.75) is 43.9 Å². The molecule has 0 aromatic heterocycles. The minimum absolute atomic E-state index is 0.188. The van der Waals surface area contributed by atoms with E-state index in [-0.39, 0.29) is 6.03 Å². The molecule has 1 saturated heterocycles. The molecule has 2 heterocycles. The summed E-state index contributed by atoms with van der Waals surface area (Å²) in [5.74, 6) is 0. The fraction of sp³-hybridized carbons (Fsp3) is 0.727. The smallest absolute Gasteiger partial charge is 0.321 e. The second-order valence-electron chi connectivity index (χ2n) is 4.75. The quantitative estimate of drug-likeness (QED) is 0.606. The van der Waals surface area contributed by atoms with Crippen molar-refractivity contribution in [1.82, 2.24) is 16.0 Å². The van der Waals surface area contributed by atoms with Crippen molar-refractivity contribution in [2.75, 3.05) is 6.61 Å². The highest BCUT2D eigenvalue weighted by Gasteiger charge is 2.52. The number of ether oxygens (including phenoxy) is 1. The van der Waals surface area contributed by atoms with Crippen LogP contribution in [0.5, 0.6) is 0 Å². The Morgan fingerprint density at radius 2 is 2.12 bits per heavy atom. The van der Waals surface area contributed by atoms with E-state index in [9.17, 15) is 4.79 Å². The first-order valence-corrected chi connectivity index (χ1v) is 5.98. The summed E-state index contributed by atoms with van der Waals surface area (Å²) in [5, 5.41) is 8.96. The molecule has 3 N–H and O–H groups in total. The van der Waals surface area contributed by atoms with Gasteiger partial charge >= 0.3 is 6.03 Å². The molecular formula is C11H17N3O2. The maximum Gasteiger partial charge on any atom is 0.321 e. The average Bonchev–Trinajstić information content (AvgIpc) is 3.05. The van der Waals surface area contributed by atoms with Crippen LogP contribution in [0.3, 0.4) is 0 Å². The van der Waals surface area contributed by atoms with Crippen LogP contribution in [-0.4, -0.2) is 24.4 Å². The Hall–Kier alpha value is -1.23. The van der Waals surface area contributed by atoms with E-state index in [0.717, 1.165) is 5.70 Å². The zero-order valence-electron chi connectivity index (χ0n) is 9.21. The van der Waals surface area contributed by atoms with E-state index in [1.54, 1.807) is 6.20 Å². The van der Waals surface area contributed by atoms with Crippen molar-refractivity contribution in [1.29, 1.82) is 0 Å². The third kappa shape index (κ3) is 1.75. The van der Waals surface area contributed by atoms with Crippen molar-refractivity contribution in [3.63, 3.8) is 0 Å². The van der Waals surface area contributed by atoms with Gasteiger partial charge in [0.2, 0.25) is 5.72 Å². The topological polar surface area (TPSA) is 65.7 Å². The van der Waals surface area contributed by atoms with Gasteiger partial charge in [0.25, 0.3) is 0 Å². The highest BCUT2D eigenvalue weighted by molar-refractivity contribution is 5.78. The summed E-state index contributed by atoms with van der Waals surface area (Å²) in [6.07, 6.45) is 8.08. The van der Waals surface area contributed by atoms with Gasteiger partial charge in [-0.05, 0) is 12.8 Å². The van der Waals surface area contributed by atoms with E-state index in [4.69, 9.17) is 4.74 Å². The van der Waals surface area contributed by atoms with Gasteiger partial charge in [-0.2, -0.15) is 0 Å². The lowest BCUT2D eigenvalue weighted by atomic mass is 9.95. The van der Waals surface area contributed by atoms with Gasteiger partial charge in [0, 0.05) is 12.2 Å². The number of hydrogen-bond donors (Lipinski definition) is 3. The molecular weight excluding hydrogens is 206 g/mol. The molecule has 16 heavy (non-hydrogen) atoms. The number of amides is 2. The van der Waals surface area contributed by atoms with E-state index >= 15 is 0 Å². The molecule has 2 fully saturated rings. The molecule has 1 atom stereocenters. The van der Waals surface area contributed by atoms with E-state index in [0.29, 0.717) is 12.6 Å². The number of carbonyl (C=O) groups is 1. The van der Waals surface area contributed by atoms with Crippen LogP contribution < -0.4 is 16.0 Å². The summed E-state index contributed by atoms with van der Waals surface area (Å²) in [4.78, 5) is 11.2. The van der Waals surface area contributed by atoms with Crippen LogP contribution in [-0.2, 0) is 4.74 Å². The highest BCUT2D eigenvalue weighted by atomic mass is 16.6. The number of epoxide rings is 1. The van der Waals surface area contributed by atoms with Crippen molar-refractivity contribution >= 4 is 6.03 Å². The Kier molecular flexibility index (Phi) is 2.28. The van der Waals surface area contributed by atoms with Gasteiger partial charge in [-0.3, -0.25) is 0 Å². The average molecular weight is 223 g/mol. The Balaban J connectivity index is 1.67. The van der Waals surface area contributed by atoms with E-state index < -0.39 is 5.72 Å². The third-order valence-electron chi connectivity index (χ3n) is 3.50. The molecule has 0 bridgehead atoms. The molecule has 3 aliphatic rings. The fourth-order valence-electron chi connectivity index (χ4n) is 2.47. The maximum atomic E-state index is 11.2. The largest absolute Gasteiger partial charge is 0.380 e. The van der Waals surface area contributed by atoms with Crippen molar-refractivity contribution < 1.29 is 9.53 Å². The van der Waals surface area contributed by atoms with Crippen LogP contribution in [0.4, 0.5) is 4.79 Å². The number of rotatable bonds is 2. The third-order valence-corrected chi connectivity index (χ3v) is 3.50. The summed E-state index contributed by atoms with van der Waals surface area (Å²) < 4.78 is 5.36. The number of hydrogen-bond acceptors (Lipinski definition) is 3. The van der Waals surface area contributed by atoms with E-state index in [1.807, 2.05) is 0 Å². The second-order valence-corrected chi connectivity index (χ2v) is 4.75. The standard InChI is InChI=1S/C11H17N3O2/c15-10-12-6-9(11(14-10)7-16-11)13-8-4-2-1-3-5-8/h6,8,13H,1-5,7H2,(H2,12,14,15)/t11-/m1/s1. The van der Waals surface area contributed by atoms with Gasteiger partial charge in [0.1, 0.15) is 6.61 Å². The first-order chi connectivity index (χ1) is 7.78. The van der Waals surface area contributed by atoms with Gasteiger partial charge in [0.15, 0.2) is 0 Å². The van der Waals surface area contributed by atoms with Gasteiger partial charge in [0.05, 0.1) is 5.70 Å². The summed E-state index contributed by atoms with van der Waals surface area (Å²) in [7, 11) is 0. The van der Waals surface area contributed by atoms with Crippen LogP contribution in [0.15, 0.2) is 11.9 Å². The molecule has 1 aliphatic carbocycles. The van der Waals surface area contributed by atoms with Crippen LogP contribution in [0.2, 0.25) is 0 Å². The van der Waals surface area contributed by atoms with Gasteiger partial charge < -0.3 is 20.7 Å². The molecule has 5 heteroatoms. The van der Waals surface area contributed by atoms with Crippen LogP contribution in [0.1, 0.15) is 32.1 Å². The predicted molar refractivity (Wildman–Crippen MR) is 58.4 cm³/mol. The van der Waals surface area contributed by atoms with E-state index in [2.05, 4.69) is 16.0 Å². The zero-order chi connectivity index (χ0) is 11.0. The van der Waals surface area contributed by atoms with Crippen molar-refractivity contribution in [3.05, 3.63) is 11.9 Å². The van der Waals surface area contributed by atoms with Gasteiger partial charge in [-0.15, -0.1) is 0 Å². The molecule has 1 spiro atoms. The van der Waals surface area contributed by atoms with Crippen LogP contribution in [0.25, 0.3) is 0 Å². The Morgan fingerprint density at radius 3 is 2.81 bits per heavy atom. The Morgan fingerprint density at radius 1 is 1.38 bits per heavy atom. The summed E-state index contributed by atoms with van der Waals surface area (Å²) in [6.45, 7) is 0.575. The lowest BCUT2D eigenvalue weighted by Crippen LogP contribution is -2.53. The monoisotopic (exact) mass is 223 g/mol. The summed E-state index contributed by atoms with van der Waals surface area (Å²) in [5.41, 5.74) is 0.429. The molecule has 2 aliphatic heterocycles. The molecule has 1 saturated carbocycles. The van der Waals surface area contributed by atoms with Gasteiger partial charge in [-0.1, -0.05) is 19.3 Å². The number of carbonyl (C=O) groups excluding carboxylic acids is 1. The lowest BCUT2D eigenvalue weighted by molar-refractivity contribution is 0.215. The maximum absolute atomic E-state index is 11.2. The zero-order valence-corrected chi connectivity index (χ0v) is 9.21. The van der Waals surface area contributed by atoms with Gasteiger partial charge in [-0.25, -0.2) is 4.79 Å². The second kappa shape index (κ2) is 3.66. The Bertz CT molecular complexity index is 330. The molecule has 0 radical (unpaired) electrons. The number of nitrogens with one attached hydrogen (secondary N) is 3. The number of urea groups is 1.